The second kappa shape index (κ2) is 13.5. The molecule has 2 N–H and O–H groups in total. The van der Waals surface area contributed by atoms with Crippen molar-refractivity contribution in [2.45, 2.75) is 20.0 Å². The third kappa shape index (κ3) is 8.62. The Labute approximate surface area is 201 Å². The van der Waals surface area contributed by atoms with Crippen molar-refractivity contribution in [2.24, 2.45) is 4.99 Å². The van der Waals surface area contributed by atoms with Gasteiger partial charge in [-0.1, -0.05) is 24.3 Å². The van der Waals surface area contributed by atoms with Crippen molar-refractivity contribution >= 4 is 29.9 Å². The van der Waals surface area contributed by atoms with Crippen LogP contribution in [0.4, 0.5) is 4.39 Å². The summed E-state index contributed by atoms with van der Waals surface area (Å²) in [5.74, 6) is 1.37. The third-order valence-electron chi connectivity index (χ3n) is 5.04. The van der Waals surface area contributed by atoms with E-state index < -0.39 is 0 Å². The first-order valence-corrected chi connectivity index (χ1v) is 10.4. The predicted octanol–water partition coefficient (Wildman–Crippen LogP) is 3.33. The lowest BCUT2D eigenvalue weighted by Gasteiger charge is -2.26. The van der Waals surface area contributed by atoms with Gasteiger partial charge in [0.05, 0.1) is 13.2 Å². The van der Waals surface area contributed by atoms with Gasteiger partial charge in [-0.15, -0.1) is 24.0 Å². The molecule has 0 spiro atoms. The van der Waals surface area contributed by atoms with E-state index in [-0.39, 0.29) is 29.8 Å². The van der Waals surface area contributed by atoms with Crippen molar-refractivity contribution in [3.8, 4) is 5.75 Å². The van der Waals surface area contributed by atoms with Crippen LogP contribution >= 0.6 is 24.0 Å². The molecule has 8 heteroatoms. The van der Waals surface area contributed by atoms with Crippen molar-refractivity contribution in [1.82, 2.24) is 15.5 Å². The van der Waals surface area contributed by atoms with E-state index in [2.05, 4.69) is 26.6 Å². The SMILES string of the molecule is CN=C(NCc1cccc(OCCN2CCOCC2)c1)NCc1ccc(F)c(C)c1.I. The van der Waals surface area contributed by atoms with E-state index in [0.717, 1.165) is 49.7 Å². The molecule has 2 aromatic carbocycles. The highest BCUT2D eigenvalue weighted by Gasteiger charge is 2.10. The van der Waals surface area contributed by atoms with Crippen LogP contribution in [0.3, 0.4) is 0 Å². The predicted molar refractivity (Wildman–Crippen MR) is 133 cm³/mol. The number of aryl methyl sites for hydroxylation is 1. The maximum Gasteiger partial charge on any atom is 0.191 e. The molecule has 0 unspecified atom stereocenters. The van der Waals surface area contributed by atoms with Gasteiger partial charge in [0, 0.05) is 39.8 Å². The Kier molecular flexibility index (Phi) is 11.0. The van der Waals surface area contributed by atoms with E-state index in [1.165, 1.54) is 6.07 Å². The molecule has 1 aliphatic rings. The standard InChI is InChI=1S/C23H31FN4O2.HI/c1-18-14-20(6-7-22(18)24)17-27-23(25-2)26-16-19-4-3-5-21(15-19)30-13-10-28-8-11-29-12-9-28;/h3-7,14-15H,8-13,16-17H2,1-2H3,(H2,25,26,27);1H. The van der Waals surface area contributed by atoms with E-state index in [0.29, 0.717) is 31.2 Å². The van der Waals surface area contributed by atoms with Gasteiger partial charge in [-0.3, -0.25) is 9.89 Å². The van der Waals surface area contributed by atoms with Gasteiger partial charge in [0.2, 0.25) is 0 Å². The first-order valence-electron chi connectivity index (χ1n) is 10.4. The van der Waals surface area contributed by atoms with Crippen molar-refractivity contribution in [3.63, 3.8) is 0 Å². The lowest BCUT2D eigenvalue weighted by molar-refractivity contribution is 0.0322. The highest BCUT2D eigenvalue weighted by molar-refractivity contribution is 14.0. The third-order valence-corrected chi connectivity index (χ3v) is 5.04. The molecule has 0 radical (unpaired) electrons. The van der Waals surface area contributed by atoms with E-state index in [4.69, 9.17) is 9.47 Å². The van der Waals surface area contributed by atoms with E-state index in [1.54, 1.807) is 20.0 Å². The highest BCUT2D eigenvalue weighted by atomic mass is 127. The molecule has 1 saturated heterocycles. The van der Waals surface area contributed by atoms with Gasteiger partial charge in [-0.2, -0.15) is 0 Å². The van der Waals surface area contributed by atoms with Gasteiger partial charge < -0.3 is 20.1 Å². The number of halogens is 2. The van der Waals surface area contributed by atoms with Crippen LogP contribution in [0.5, 0.6) is 5.75 Å². The number of morpholine rings is 1. The quantitative estimate of drug-likeness (QED) is 0.305. The summed E-state index contributed by atoms with van der Waals surface area (Å²) >= 11 is 0. The first-order chi connectivity index (χ1) is 14.6. The monoisotopic (exact) mass is 542 g/mol. The molecule has 6 nitrogen and oxygen atoms in total. The van der Waals surface area contributed by atoms with Crippen LogP contribution in [0.25, 0.3) is 0 Å². The molecule has 2 aromatic rings. The Morgan fingerprint density at radius 3 is 2.48 bits per heavy atom. The Morgan fingerprint density at radius 2 is 1.81 bits per heavy atom. The van der Waals surface area contributed by atoms with E-state index >= 15 is 0 Å². The fraction of sp³-hybridized carbons (Fsp3) is 0.435. The summed E-state index contributed by atoms with van der Waals surface area (Å²) in [4.78, 5) is 6.61. The summed E-state index contributed by atoms with van der Waals surface area (Å²) in [6, 6.07) is 13.2. The molecule has 0 amide bonds. The molecule has 0 aliphatic carbocycles. The number of hydrogen-bond acceptors (Lipinski definition) is 4. The van der Waals surface area contributed by atoms with Gasteiger partial charge in [-0.05, 0) is 41.8 Å². The zero-order valence-electron chi connectivity index (χ0n) is 18.2. The van der Waals surface area contributed by atoms with Crippen molar-refractivity contribution in [3.05, 3.63) is 65.0 Å². The smallest absolute Gasteiger partial charge is 0.191 e. The number of nitrogens with zero attached hydrogens (tertiary/aromatic N) is 2. The van der Waals surface area contributed by atoms with Gasteiger partial charge in [0.25, 0.3) is 0 Å². The fourth-order valence-corrected chi connectivity index (χ4v) is 3.27. The lowest BCUT2D eigenvalue weighted by atomic mass is 10.1. The molecule has 1 heterocycles. The van der Waals surface area contributed by atoms with Crippen LogP contribution < -0.4 is 15.4 Å². The van der Waals surface area contributed by atoms with Crippen LogP contribution in [0.2, 0.25) is 0 Å². The Balaban J connectivity index is 0.00000341. The Morgan fingerprint density at radius 1 is 1.10 bits per heavy atom. The molecule has 31 heavy (non-hydrogen) atoms. The van der Waals surface area contributed by atoms with Crippen LogP contribution in [0, 0.1) is 12.7 Å². The van der Waals surface area contributed by atoms with Crippen molar-refractivity contribution < 1.29 is 13.9 Å². The molecule has 170 valence electrons. The average Bonchev–Trinajstić information content (AvgIpc) is 2.77. The summed E-state index contributed by atoms with van der Waals surface area (Å²) in [5, 5.41) is 6.56. The minimum atomic E-state index is -0.187. The first kappa shape index (κ1) is 25.4. The van der Waals surface area contributed by atoms with Crippen molar-refractivity contribution in [2.75, 3.05) is 46.5 Å². The van der Waals surface area contributed by atoms with Gasteiger partial charge in [-0.25, -0.2) is 4.39 Å². The zero-order valence-corrected chi connectivity index (χ0v) is 20.5. The second-order valence-corrected chi connectivity index (χ2v) is 7.31. The number of hydrogen-bond donors (Lipinski definition) is 2. The molecular weight excluding hydrogens is 510 g/mol. The average molecular weight is 542 g/mol. The number of aliphatic imine (C=N–C) groups is 1. The summed E-state index contributed by atoms with van der Waals surface area (Å²) in [6.07, 6.45) is 0. The molecular formula is C23H32FIN4O2. The molecule has 0 atom stereocenters. The van der Waals surface area contributed by atoms with Crippen LogP contribution in [-0.4, -0.2) is 57.4 Å². The number of ether oxygens (including phenoxy) is 2. The number of guanidine groups is 1. The Hall–Kier alpha value is -1.91. The molecule has 3 rings (SSSR count). The molecule has 0 saturated carbocycles. The molecule has 0 aromatic heterocycles. The number of nitrogens with one attached hydrogen (secondary N) is 2. The fourth-order valence-electron chi connectivity index (χ4n) is 3.27. The molecule has 1 aliphatic heterocycles. The van der Waals surface area contributed by atoms with Crippen LogP contribution in [0.15, 0.2) is 47.5 Å². The van der Waals surface area contributed by atoms with E-state index in [9.17, 15) is 4.39 Å². The minimum absolute atomic E-state index is 0. The van der Waals surface area contributed by atoms with Gasteiger partial charge in [0.1, 0.15) is 18.2 Å². The largest absolute Gasteiger partial charge is 0.492 e. The highest BCUT2D eigenvalue weighted by Crippen LogP contribution is 2.13. The maximum absolute atomic E-state index is 13.4. The molecule has 0 bridgehead atoms. The van der Waals surface area contributed by atoms with Crippen LogP contribution in [-0.2, 0) is 17.8 Å². The summed E-state index contributed by atoms with van der Waals surface area (Å²) < 4.78 is 24.7. The Bertz CT molecular complexity index is 844. The minimum Gasteiger partial charge on any atom is -0.492 e. The lowest BCUT2D eigenvalue weighted by Crippen LogP contribution is -2.38. The summed E-state index contributed by atoms with van der Waals surface area (Å²) in [7, 11) is 1.73. The topological polar surface area (TPSA) is 58.1 Å². The van der Waals surface area contributed by atoms with E-state index in [1.807, 2.05) is 24.3 Å². The summed E-state index contributed by atoms with van der Waals surface area (Å²) in [5.41, 5.74) is 2.76. The number of benzene rings is 2. The van der Waals surface area contributed by atoms with Crippen molar-refractivity contribution in [1.29, 1.82) is 0 Å². The normalized spacial score (nSPS) is 14.6. The maximum atomic E-state index is 13.4. The molecule has 1 fully saturated rings. The summed E-state index contributed by atoms with van der Waals surface area (Å²) in [6.45, 7) is 8.08. The number of rotatable bonds is 8. The van der Waals surface area contributed by atoms with Gasteiger partial charge in [0.15, 0.2) is 5.96 Å². The second-order valence-electron chi connectivity index (χ2n) is 7.31. The van der Waals surface area contributed by atoms with Gasteiger partial charge >= 0.3 is 0 Å². The zero-order chi connectivity index (χ0) is 21.2. The van der Waals surface area contributed by atoms with Crippen LogP contribution in [0.1, 0.15) is 16.7 Å².